The van der Waals surface area contributed by atoms with E-state index < -0.39 is 5.82 Å². The molecule has 0 atom stereocenters. The summed E-state index contributed by atoms with van der Waals surface area (Å²) in [6.45, 7) is 2.78. The molecular weight excluding hydrogens is 371 g/mol. The van der Waals surface area contributed by atoms with Crippen LogP contribution in [0.3, 0.4) is 0 Å². The minimum Gasteiger partial charge on any atom is -0.506 e. The molecule has 2 aliphatic heterocycles. The van der Waals surface area contributed by atoms with Crippen molar-refractivity contribution in [1.29, 1.82) is 0 Å². The van der Waals surface area contributed by atoms with Gasteiger partial charge in [-0.3, -0.25) is 0 Å². The van der Waals surface area contributed by atoms with Crippen LogP contribution in [0.25, 0.3) is 0 Å². The van der Waals surface area contributed by atoms with Gasteiger partial charge in [0.15, 0.2) is 11.6 Å². The summed E-state index contributed by atoms with van der Waals surface area (Å²) in [4.78, 5) is 10.3. The first-order chi connectivity index (χ1) is 13.0. The van der Waals surface area contributed by atoms with E-state index in [2.05, 4.69) is 15.1 Å². The van der Waals surface area contributed by atoms with Gasteiger partial charge in [-0.05, 0) is 6.07 Å². The molecular formula is C17H18BClFN5O2. The summed E-state index contributed by atoms with van der Waals surface area (Å²) in [5.74, 6) is 0.128. The molecule has 0 unspecified atom stereocenters. The minimum atomic E-state index is -0.466. The van der Waals surface area contributed by atoms with E-state index in [1.807, 2.05) is 18.8 Å². The predicted molar refractivity (Wildman–Crippen MR) is 105 cm³/mol. The molecule has 27 heavy (non-hydrogen) atoms. The molecule has 7 nitrogen and oxygen atoms in total. The lowest BCUT2D eigenvalue weighted by Crippen LogP contribution is -2.37. The minimum absolute atomic E-state index is 0.0110. The number of aromatic hydroxyl groups is 1. The molecule has 0 radical (unpaired) electrons. The number of nitrogens with zero attached hydrogens (tertiary/aromatic N) is 5. The van der Waals surface area contributed by atoms with Crippen LogP contribution in [0.4, 0.5) is 16.2 Å². The van der Waals surface area contributed by atoms with Crippen LogP contribution in [-0.4, -0.2) is 61.5 Å². The highest BCUT2D eigenvalue weighted by Crippen LogP contribution is 2.30. The fourth-order valence-corrected chi connectivity index (χ4v) is 3.49. The van der Waals surface area contributed by atoms with Crippen molar-refractivity contribution in [3.63, 3.8) is 0 Å². The first kappa shape index (κ1) is 18.0. The normalized spacial score (nSPS) is 17.3. The summed E-state index contributed by atoms with van der Waals surface area (Å²) in [7, 11) is 1.90. The Kier molecular flexibility index (Phi) is 4.88. The van der Waals surface area contributed by atoms with Crippen LogP contribution in [-0.2, 0) is 4.74 Å². The average Bonchev–Trinajstić information content (AvgIpc) is 3.15. The molecule has 140 valence electrons. The number of ether oxygens (including phenoxy) is 1. The van der Waals surface area contributed by atoms with Gasteiger partial charge in [0.25, 0.3) is 0 Å². The number of aromatic nitrogens is 2. The van der Waals surface area contributed by atoms with Crippen LogP contribution in [0.1, 0.15) is 12.0 Å². The lowest BCUT2D eigenvalue weighted by molar-refractivity contribution is 0.122. The number of hydrazone groups is 1. The highest BCUT2D eigenvalue weighted by molar-refractivity contribution is 6.38. The Bertz CT molecular complexity index is 907. The molecule has 0 amide bonds. The van der Waals surface area contributed by atoms with Crippen molar-refractivity contribution in [3.8, 4) is 5.75 Å². The zero-order valence-corrected chi connectivity index (χ0v) is 15.6. The highest BCUT2D eigenvalue weighted by Gasteiger charge is 2.25. The van der Waals surface area contributed by atoms with E-state index in [-0.39, 0.29) is 11.6 Å². The van der Waals surface area contributed by atoms with Crippen molar-refractivity contribution in [2.24, 2.45) is 5.10 Å². The SMILES string of the molecule is Bc1cc(Cl)c(O)c(C2=NN(c3ncc(F)c(N4CCOCC4)n3)CC2)c1. The van der Waals surface area contributed by atoms with Gasteiger partial charge in [-0.1, -0.05) is 23.1 Å². The molecule has 0 spiro atoms. The first-order valence-corrected chi connectivity index (χ1v) is 9.10. The summed E-state index contributed by atoms with van der Waals surface area (Å²) >= 11 is 6.07. The molecule has 0 bridgehead atoms. The Hall–Kier alpha value is -2.39. The van der Waals surface area contributed by atoms with Crippen molar-refractivity contribution < 1.29 is 14.2 Å². The molecule has 10 heteroatoms. The van der Waals surface area contributed by atoms with Gasteiger partial charge < -0.3 is 14.7 Å². The van der Waals surface area contributed by atoms with Gasteiger partial charge in [-0.2, -0.15) is 10.1 Å². The zero-order valence-electron chi connectivity index (χ0n) is 14.8. The molecule has 3 heterocycles. The maximum atomic E-state index is 14.2. The summed E-state index contributed by atoms with van der Waals surface area (Å²) < 4.78 is 19.5. The number of hydrogen-bond donors (Lipinski definition) is 1. The van der Waals surface area contributed by atoms with Crippen LogP contribution in [0.5, 0.6) is 5.75 Å². The Morgan fingerprint density at radius 1 is 1.22 bits per heavy atom. The summed E-state index contributed by atoms with van der Waals surface area (Å²) in [6.07, 6.45) is 1.77. The first-order valence-electron chi connectivity index (χ1n) is 8.72. The number of phenols is 1. The molecule has 2 aliphatic rings. The molecule has 2 aromatic rings. The predicted octanol–water partition coefficient (Wildman–Crippen LogP) is 0.684. The van der Waals surface area contributed by atoms with E-state index in [0.717, 1.165) is 5.46 Å². The van der Waals surface area contributed by atoms with Crippen molar-refractivity contribution in [3.05, 3.63) is 34.7 Å². The van der Waals surface area contributed by atoms with E-state index in [4.69, 9.17) is 16.3 Å². The lowest BCUT2D eigenvalue weighted by Gasteiger charge is -2.28. The van der Waals surface area contributed by atoms with E-state index in [9.17, 15) is 9.50 Å². The smallest absolute Gasteiger partial charge is 0.248 e. The van der Waals surface area contributed by atoms with E-state index >= 15 is 0 Å². The van der Waals surface area contributed by atoms with Gasteiger partial charge >= 0.3 is 0 Å². The Balaban J connectivity index is 1.63. The maximum absolute atomic E-state index is 14.2. The molecule has 1 N–H and O–H groups in total. The van der Waals surface area contributed by atoms with Gasteiger partial charge in [0.2, 0.25) is 5.95 Å². The second-order valence-electron chi connectivity index (χ2n) is 6.50. The second kappa shape index (κ2) is 7.32. The number of morpholine rings is 1. The largest absolute Gasteiger partial charge is 0.506 e. The molecule has 0 aliphatic carbocycles. The van der Waals surface area contributed by atoms with Crippen molar-refractivity contribution in [2.45, 2.75) is 6.42 Å². The topological polar surface area (TPSA) is 74.1 Å². The lowest BCUT2D eigenvalue weighted by atomic mass is 9.92. The molecule has 0 saturated carbocycles. The Labute approximate surface area is 161 Å². The van der Waals surface area contributed by atoms with E-state index in [0.29, 0.717) is 61.5 Å². The van der Waals surface area contributed by atoms with Crippen LogP contribution >= 0.6 is 11.6 Å². The van der Waals surface area contributed by atoms with Crippen molar-refractivity contribution in [1.82, 2.24) is 9.97 Å². The van der Waals surface area contributed by atoms with Gasteiger partial charge in [-0.15, -0.1) is 0 Å². The average molecular weight is 390 g/mol. The molecule has 1 fully saturated rings. The number of benzene rings is 1. The fourth-order valence-electron chi connectivity index (χ4n) is 3.22. The van der Waals surface area contributed by atoms with Gasteiger partial charge in [-0.25, -0.2) is 14.4 Å². The summed E-state index contributed by atoms with van der Waals surface area (Å²) in [6, 6.07) is 3.54. The number of hydrogen-bond acceptors (Lipinski definition) is 7. The van der Waals surface area contributed by atoms with Crippen LogP contribution in [0.15, 0.2) is 23.4 Å². The number of halogens is 2. The highest BCUT2D eigenvalue weighted by atomic mass is 35.5. The van der Waals surface area contributed by atoms with E-state index in [1.165, 1.54) is 6.20 Å². The molecule has 1 aromatic heterocycles. The maximum Gasteiger partial charge on any atom is 0.248 e. The number of phenolic OH excluding ortho intramolecular Hbond substituents is 1. The summed E-state index contributed by atoms with van der Waals surface area (Å²) in [5, 5.41) is 16.7. The third-order valence-corrected chi connectivity index (χ3v) is 4.86. The van der Waals surface area contributed by atoms with E-state index in [1.54, 1.807) is 11.1 Å². The number of rotatable bonds is 3. The molecule has 1 saturated heterocycles. The third-order valence-electron chi connectivity index (χ3n) is 4.57. The summed E-state index contributed by atoms with van der Waals surface area (Å²) in [5.41, 5.74) is 2.22. The molecule has 4 rings (SSSR count). The van der Waals surface area contributed by atoms with Crippen LogP contribution in [0, 0.1) is 5.82 Å². The quantitative estimate of drug-likeness (QED) is 0.779. The second-order valence-corrected chi connectivity index (χ2v) is 6.91. The van der Waals surface area contributed by atoms with Gasteiger partial charge in [0.05, 0.1) is 36.7 Å². The fraction of sp³-hybridized carbons (Fsp3) is 0.353. The third kappa shape index (κ3) is 3.57. The van der Waals surface area contributed by atoms with Crippen molar-refractivity contribution >= 4 is 42.4 Å². The monoisotopic (exact) mass is 389 g/mol. The van der Waals surface area contributed by atoms with Crippen LogP contribution < -0.4 is 15.4 Å². The Morgan fingerprint density at radius 2 is 2.00 bits per heavy atom. The zero-order chi connectivity index (χ0) is 19.0. The Morgan fingerprint density at radius 3 is 2.78 bits per heavy atom. The standard InChI is InChI=1S/C17H18BClFN5O2/c18-10-7-11(15(26)12(19)8-10)14-1-2-25(23-14)17-21-9-13(20)16(22-17)24-3-5-27-6-4-24/h7-9,26H,1-6,18H2. The molecule has 1 aromatic carbocycles. The van der Waals surface area contributed by atoms with Gasteiger partial charge in [0.1, 0.15) is 13.6 Å². The van der Waals surface area contributed by atoms with Gasteiger partial charge in [0, 0.05) is 25.1 Å². The van der Waals surface area contributed by atoms with Crippen LogP contribution in [0.2, 0.25) is 5.02 Å². The number of anilines is 2. The van der Waals surface area contributed by atoms with Crippen molar-refractivity contribution in [2.75, 3.05) is 42.8 Å².